The third kappa shape index (κ3) is 6.51. The Bertz CT molecular complexity index is 2380. The zero-order valence-electron chi connectivity index (χ0n) is 31.9. The predicted octanol–water partition coefficient (Wildman–Crippen LogP) is 7.25. The molecule has 0 saturated heterocycles. The van der Waals surface area contributed by atoms with Crippen LogP contribution in [0.5, 0.6) is 34.5 Å². The van der Waals surface area contributed by atoms with Crippen LogP contribution >= 0.6 is 0 Å². The topological polar surface area (TPSA) is 184 Å². The summed E-state index contributed by atoms with van der Waals surface area (Å²) in [7, 11) is 0. The Balaban J connectivity index is 0.000000150. The van der Waals surface area contributed by atoms with E-state index in [2.05, 4.69) is 33.8 Å². The van der Waals surface area contributed by atoms with Crippen LogP contribution in [0.2, 0.25) is 0 Å². The molecule has 4 aliphatic heterocycles. The lowest BCUT2D eigenvalue weighted by Crippen LogP contribution is -2.31. The van der Waals surface area contributed by atoms with Gasteiger partial charge in [0, 0.05) is 58.2 Å². The van der Waals surface area contributed by atoms with Gasteiger partial charge in [0.25, 0.3) is 12.0 Å². The smallest absolute Gasteiger partial charge is 0.283 e. The number of aromatic nitrogens is 4. The zero-order valence-corrected chi connectivity index (χ0v) is 31.9. The molecule has 0 bridgehead atoms. The summed E-state index contributed by atoms with van der Waals surface area (Å²) in [6.07, 6.45) is 12.0. The van der Waals surface area contributed by atoms with Crippen LogP contribution in [0.15, 0.2) is 120 Å². The molecule has 2 unspecified atom stereocenters. The van der Waals surface area contributed by atoms with Crippen molar-refractivity contribution in [1.29, 1.82) is 0 Å². The Labute approximate surface area is 334 Å². The summed E-state index contributed by atoms with van der Waals surface area (Å²) in [6, 6.07) is 23.8. The van der Waals surface area contributed by atoms with E-state index in [1.54, 1.807) is 24.8 Å². The van der Waals surface area contributed by atoms with Gasteiger partial charge in [-0.25, -0.2) is 29.9 Å². The van der Waals surface area contributed by atoms with E-state index in [0.29, 0.717) is 26.4 Å². The Morgan fingerprint density at radius 2 is 0.897 bits per heavy atom. The van der Waals surface area contributed by atoms with E-state index in [1.165, 1.54) is 12.7 Å². The summed E-state index contributed by atoms with van der Waals surface area (Å²) in [6.45, 7) is 6.03. The standard InChI is InChI=1S/2C22H20N4O3/c2*1-2-7-27-16-4-6-20-18(9-16)22(12-28-21(23)26-22)17-8-14(3-5-19(17)29-20)15-10-24-13-25-11-15/h2*3-6,8-11,13H,2,7,12H2,1H3,(H2,23,26). The van der Waals surface area contributed by atoms with Crippen molar-refractivity contribution in [2.24, 2.45) is 21.5 Å². The number of nitrogens with two attached hydrogens (primary N) is 2. The lowest BCUT2D eigenvalue weighted by Gasteiger charge is -2.34. The first-order valence-electron chi connectivity index (χ1n) is 19.1. The number of hydrogen-bond donors (Lipinski definition) is 2. The van der Waals surface area contributed by atoms with Crippen LogP contribution in [0.1, 0.15) is 48.9 Å². The molecule has 0 amide bonds. The van der Waals surface area contributed by atoms with Crippen LogP contribution in [0.25, 0.3) is 22.3 Å². The molecule has 6 aromatic rings. The molecule has 14 heteroatoms. The third-order valence-corrected chi connectivity index (χ3v) is 10.3. The third-order valence-electron chi connectivity index (χ3n) is 10.3. The minimum atomic E-state index is -0.787. The van der Waals surface area contributed by atoms with E-state index in [1.807, 2.05) is 72.8 Å². The van der Waals surface area contributed by atoms with Crippen molar-refractivity contribution in [3.63, 3.8) is 0 Å². The molecule has 0 saturated carbocycles. The molecule has 4 aromatic carbocycles. The lowest BCUT2D eigenvalue weighted by molar-refractivity contribution is 0.263. The van der Waals surface area contributed by atoms with Crippen molar-refractivity contribution >= 4 is 12.0 Å². The molecule has 58 heavy (non-hydrogen) atoms. The van der Waals surface area contributed by atoms with Gasteiger partial charge in [0.05, 0.1) is 13.2 Å². The zero-order chi connectivity index (χ0) is 39.7. The molecule has 14 nitrogen and oxygen atoms in total. The second-order valence-corrected chi connectivity index (χ2v) is 14.1. The molecule has 4 aliphatic rings. The van der Waals surface area contributed by atoms with Crippen LogP contribution in [-0.4, -0.2) is 58.4 Å². The van der Waals surface area contributed by atoms with Crippen molar-refractivity contribution in [1.82, 2.24) is 19.9 Å². The van der Waals surface area contributed by atoms with E-state index < -0.39 is 11.1 Å². The molecular formula is C44H40N8O6. The first kappa shape index (κ1) is 36.4. The van der Waals surface area contributed by atoms with Gasteiger partial charge in [-0.15, -0.1) is 0 Å². The van der Waals surface area contributed by atoms with Gasteiger partial charge in [-0.3, -0.25) is 0 Å². The Hall–Kier alpha value is -7.22. The van der Waals surface area contributed by atoms with E-state index in [-0.39, 0.29) is 12.0 Å². The summed E-state index contributed by atoms with van der Waals surface area (Å²) in [5.41, 5.74) is 17.6. The van der Waals surface area contributed by atoms with Crippen molar-refractivity contribution in [2.45, 2.75) is 37.8 Å². The average Bonchev–Trinajstić information content (AvgIpc) is 3.86. The van der Waals surface area contributed by atoms with Gasteiger partial charge < -0.3 is 39.9 Å². The monoisotopic (exact) mass is 776 g/mol. The van der Waals surface area contributed by atoms with Crippen molar-refractivity contribution in [2.75, 3.05) is 26.4 Å². The van der Waals surface area contributed by atoms with E-state index >= 15 is 0 Å². The van der Waals surface area contributed by atoms with Gasteiger partial charge in [-0.2, -0.15) is 0 Å². The highest BCUT2D eigenvalue weighted by Gasteiger charge is 2.48. The average molecular weight is 777 g/mol. The maximum Gasteiger partial charge on any atom is 0.283 e. The number of amidine groups is 2. The lowest BCUT2D eigenvalue weighted by atomic mass is 9.80. The number of hydrogen-bond acceptors (Lipinski definition) is 14. The van der Waals surface area contributed by atoms with Crippen LogP contribution in [-0.2, 0) is 20.6 Å². The number of nitrogens with zero attached hydrogens (tertiary/aromatic N) is 6. The van der Waals surface area contributed by atoms with Gasteiger partial charge in [-0.1, -0.05) is 26.0 Å². The molecule has 0 radical (unpaired) electrons. The fourth-order valence-electron chi connectivity index (χ4n) is 7.54. The van der Waals surface area contributed by atoms with Gasteiger partial charge in [0.1, 0.15) is 60.4 Å². The van der Waals surface area contributed by atoms with Crippen LogP contribution in [0.4, 0.5) is 0 Å². The summed E-state index contributed by atoms with van der Waals surface area (Å²) < 4.78 is 35.3. The highest BCUT2D eigenvalue weighted by atomic mass is 16.5. The van der Waals surface area contributed by atoms with Crippen LogP contribution < -0.4 is 30.4 Å². The molecule has 6 heterocycles. The number of rotatable bonds is 8. The van der Waals surface area contributed by atoms with Gasteiger partial charge in [-0.05, 0) is 84.6 Å². The summed E-state index contributed by atoms with van der Waals surface area (Å²) in [5.74, 6) is 4.43. The second kappa shape index (κ2) is 15.0. The second-order valence-electron chi connectivity index (χ2n) is 14.1. The molecular weight excluding hydrogens is 737 g/mol. The molecule has 292 valence electrons. The Morgan fingerprint density at radius 1 is 0.517 bits per heavy atom. The molecule has 4 N–H and O–H groups in total. The van der Waals surface area contributed by atoms with Crippen LogP contribution in [0.3, 0.4) is 0 Å². The largest absolute Gasteiger partial charge is 0.494 e. The minimum absolute atomic E-state index is 0.164. The van der Waals surface area contributed by atoms with Crippen molar-refractivity contribution < 1.29 is 28.4 Å². The molecule has 10 rings (SSSR count). The molecule has 0 aliphatic carbocycles. The maximum atomic E-state index is 6.20. The molecule has 2 spiro atoms. The molecule has 2 atom stereocenters. The summed E-state index contributed by atoms with van der Waals surface area (Å²) in [5, 5.41) is 0. The van der Waals surface area contributed by atoms with Crippen molar-refractivity contribution in [3.8, 4) is 56.8 Å². The van der Waals surface area contributed by atoms with Gasteiger partial charge in [0.15, 0.2) is 11.1 Å². The number of aliphatic imine (C=N–C) groups is 2. The number of benzene rings is 4. The summed E-state index contributed by atoms with van der Waals surface area (Å²) >= 11 is 0. The quantitative estimate of drug-likeness (QED) is 0.158. The predicted molar refractivity (Wildman–Crippen MR) is 216 cm³/mol. The maximum absolute atomic E-state index is 6.20. The summed E-state index contributed by atoms with van der Waals surface area (Å²) in [4.78, 5) is 25.9. The van der Waals surface area contributed by atoms with E-state index in [9.17, 15) is 0 Å². The minimum Gasteiger partial charge on any atom is -0.494 e. The Morgan fingerprint density at radius 3 is 1.26 bits per heavy atom. The van der Waals surface area contributed by atoms with E-state index in [4.69, 9.17) is 49.9 Å². The first-order chi connectivity index (χ1) is 28.4. The van der Waals surface area contributed by atoms with Gasteiger partial charge in [0.2, 0.25) is 0 Å². The van der Waals surface area contributed by atoms with E-state index in [0.717, 1.165) is 91.8 Å². The molecule has 0 fully saturated rings. The van der Waals surface area contributed by atoms with Crippen LogP contribution in [0, 0.1) is 0 Å². The fourth-order valence-corrected chi connectivity index (χ4v) is 7.54. The van der Waals surface area contributed by atoms with Gasteiger partial charge >= 0.3 is 0 Å². The highest BCUT2D eigenvalue weighted by Crippen LogP contribution is 2.54. The highest BCUT2D eigenvalue weighted by molar-refractivity contribution is 5.79. The first-order valence-corrected chi connectivity index (χ1v) is 19.1. The van der Waals surface area contributed by atoms with Crippen molar-refractivity contribution in [3.05, 3.63) is 132 Å². The Kier molecular flexibility index (Phi) is 9.44. The fraction of sp³-hybridized carbons (Fsp3) is 0.227. The SMILES string of the molecule is CCCOc1ccc2c(c1)C1(COC(N)=N1)c1cc(-c3cncnc3)ccc1O2.CCCOc1ccc2c(c1)C1(COC(N)=N1)c1cc(-c3cncnc3)ccc1O2. The number of fused-ring (bicyclic) bond motifs is 8. The molecule has 2 aromatic heterocycles. The normalized spacial score (nSPS) is 19.0. The number of ether oxygens (including phenoxy) is 6.